The lowest BCUT2D eigenvalue weighted by atomic mass is 10.1. The highest BCUT2D eigenvalue weighted by atomic mass is 32.1. The van der Waals surface area contributed by atoms with Crippen LogP contribution >= 0.6 is 11.3 Å². The SMILES string of the molecule is CCOC(=O)c1c(NC(=O)c2cc([N+](=O)[O-])cc([N+](=O)[O-])c2)sc(C(=O)Nc2cccc(C)c2)c1C. The van der Waals surface area contributed by atoms with E-state index in [1.807, 2.05) is 13.0 Å². The van der Waals surface area contributed by atoms with Crippen molar-refractivity contribution in [3.05, 3.63) is 89.8 Å². The van der Waals surface area contributed by atoms with Gasteiger partial charge in [-0.05, 0) is 44.0 Å². The van der Waals surface area contributed by atoms with Crippen LogP contribution in [0.3, 0.4) is 0 Å². The Kier molecular flexibility index (Phi) is 7.74. The zero-order valence-electron chi connectivity index (χ0n) is 19.3. The van der Waals surface area contributed by atoms with Crippen molar-refractivity contribution in [1.82, 2.24) is 0 Å². The highest BCUT2D eigenvalue weighted by Gasteiger charge is 2.28. The van der Waals surface area contributed by atoms with Crippen LogP contribution in [0.2, 0.25) is 0 Å². The minimum Gasteiger partial charge on any atom is -0.462 e. The van der Waals surface area contributed by atoms with Crippen LogP contribution in [0, 0.1) is 34.1 Å². The predicted octanol–water partition coefficient (Wildman–Crippen LogP) is 4.86. The van der Waals surface area contributed by atoms with Gasteiger partial charge in [0, 0.05) is 17.8 Å². The van der Waals surface area contributed by atoms with E-state index in [1.165, 1.54) is 6.92 Å². The van der Waals surface area contributed by atoms with E-state index in [2.05, 4.69) is 10.6 Å². The van der Waals surface area contributed by atoms with Gasteiger partial charge in [0.05, 0.1) is 38.5 Å². The zero-order valence-corrected chi connectivity index (χ0v) is 20.1. The molecule has 0 aliphatic rings. The van der Waals surface area contributed by atoms with Gasteiger partial charge in [-0.25, -0.2) is 4.79 Å². The molecule has 0 saturated heterocycles. The molecular weight excluding hydrogens is 492 g/mol. The van der Waals surface area contributed by atoms with E-state index in [0.29, 0.717) is 5.69 Å². The average molecular weight is 513 g/mol. The molecular formula is C23H20N4O8S. The number of nitrogens with one attached hydrogen (secondary N) is 2. The zero-order chi connectivity index (χ0) is 26.6. The van der Waals surface area contributed by atoms with Crippen LogP contribution in [0.5, 0.6) is 0 Å². The Morgan fingerprint density at radius 2 is 1.58 bits per heavy atom. The maximum atomic E-state index is 13.0. The second-order valence-electron chi connectivity index (χ2n) is 7.51. The van der Waals surface area contributed by atoms with Gasteiger partial charge in [0.2, 0.25) is 0 Å². The number of carbonyl (C=O) groups is 3. The van der Waals surface area contributed by atoms with Gasteiger partial charge in [-0.3, -0.25) is 29.8 Å². The first-order chi connectivity index (χ1) is 17.0. The maximum Gasteiger partial charge on any atom is 0.341 e. The molecule has 0 atom stereocenters. The van der Waals surface area contributed by atoms with Crippen LogP contribution in [0.15, 0.2) is 42.5 Å². The Morgan fingerprint density at radius 3 is 2.14 bits per heavy atom. The molecule has 2 amide bonds. The fourth-order valence-corrected chi connectivity index (χ4v) is 4.38. The number of nitro benzene ring substituents is 2. The minimum absolute atomic E-state index is 0.0312. The summed E-state index contributed by atoms with van der Waals surface area (Å²) in [5, 5.41) is 27.5. The third kappa shape index (κ3) is 5.70. The van der Waals surface area contributed by atoms with E-state index in [-0.39, 0.29) is 33.2 Å². The molecule has 0 bridgehead atoms. The summed E-state index contributed by atoms with van der Waals surface area (Å²) in [5.74, 6) is -2.26. The van der Waals surface area contributed by atoms with Gasteiger partial charge in [0.15, 0.2) is 0 Å². The van der Waals surface area contributed by atoms with Crippen LogP contribution in [0.4, 0.5) is 22.1 Å². The molecule has 0 fully saturated rings. The van der Waals surface area contributed by atoms with Crippen molar-refractivity contribution in [1.29, 1.82) is 0 Å². The molecule has 0 aliphatic carbocycles. The first kappa shape index (κ1) is 26.0. The Bertz CT molecular complexity index is 1370. The van der Waals surface area contributed by atoms with Crippen molar-refractivity contribution in [3.8, 4) is 0 Å². The second kappa shape index (κ2) is 10.7. The number of thiophene rings is 1. The summed E-state index contributed by atoms with van der Waals surface area (Å²) in [6, 6.07) is 9.54. The van der Waals surface area contributed by atoms with Crippen molar-refractivity contribution in [2.45, 2.75) is 20.8 Å². The fraction of sp³-hybridized carbons (Fsp3) is 0.174. The lowest BCUT2D eigenvalue weighted by Gasteiger charge is -2.07. The number of nitrogens with zero attached hydrogens (tertiary/aromatic N) is 2. The van der Waals surface area contributed by atoms with Gasteiger partial charge in [-0.15, -0.1) is 11.3 Å². The monoisotopic (exact) mass is 512 g/mol. The van der Waals surface area contributed by atoms with Crippen molar-refractivity contribution < 1.29 is 29.0 Å². The Balaban J connectivity index is 2.01. The van der Waals surface area contributed by atoms with Gasteiger partial charge < -0.3 is 15.4 Å². The molecule has 0 saturated carbocycles. The molecule has 2 N–H and O–H groups in total. The van der Waals surface area contributed by atoms with Gasteiger partial charge in [-0.2, -0.15) is 0 Å². The van der Waals surface area contributed by atoms with Gasteiger partial charge in [-0.1, -0.05) is 12.1 Å². The largest absolute Gasteiger partial charge is 0.462 e. The number of rotatable bonds is 8. The molecule has 0 aliphatic heterocycles. The van der Waals surface area contributed by atoms with E-state index in [4.69, 9.17) is 4.74 Å². The quantitative estimate of drug-likeness (QED) is 0.245. The highest BCUT2D eigenvalue weighted by Crippen LogP contribution is 2.35. The Hall–Kier alpha value is -4.65. The Morgan fingerprint density at radius 1 is 0.944 bits per heavy atom. The molecule has 0 radical (unpaired) electrons. The van der Waals surface area contributed by atoms with E-state index < -0.39 is 39.0 Å². The molecule has 13 heteroatoms. The number of non-ortho nitro benzene ring substituents is 2. The number of carbonyl (C=O) groups excluding carboxylic acids is 3. The highest BCUT2D eigenvalue weighted by molar-refractivity contribution is 7.19. The van der Waals surface area contributed by atoms with Crippen molar-refractivity contribution in [3.63, 3.8) is 0 Å². The summed E-state index contributed by atoms with van der Waals surface area (Å²) >= 11 is 0.803. The number of amides is 2. The molecule has 1 heterocycles. The molecule has 3 rings (SSSR count). The van der Waals surface area contributed by atoms with Crippen LogP contribution in [-0.4, -0.2) is 34.2 Å². The molecule has 12 nitrogen and oxygen atoms in total. The molecule has 0 unspecified atom stereocenters. The smallest absolute Gasteiger partial charge is 0.341 e. The molecule has 1 aromatic heterocycles. The minimum atomic E-state index is -0.945. The summed E-state index contributed by atoms with van der Waals surface area (Å²) in [5.41, 5.74) is -0.0426. The summed E-state index contributed by atoms with van der Waals surface area (Å²) < 4.78 is 5.07. The van der Waals surface area contributed by atoms with Crippen molar-refractivity contribution in [2.24, 2.45) is 0 Å². The average Bonchev–Trinajstić information content (AvgIpc) is 3.14. The molecule has 36 heavy (non-hydrogen) atoms. The third-order valence-electron chi connectivity index (χ3n) is 4.92. The second-order valence-corrected chi connectivity index (χ2v) is 8.53. The number of benzene rings is 2. The number of nitro groups is 2. The number of hydrogen-bond donors (Lipinski definition) is 2. The standard InChI is InChI=1S/C23H20N4O8S/c1-4-35-23(30)18-13(3)19(21(29)24-15-7-5-6-12(2)8-15)36-22(18)25-20(28)14-9-16(26(31)32)11-17(10-14)27(33)34/h5-11H,4H2,1-3H3,(H,24,29)(H,25,28). The van der Waals surface area contributed by atoms with Crippen LogP contribution < -0.4 is 10.6 Å². The number of aryl methyl sites for hydroxylation is 1. The molecule has 3 aromatic rings. The van der Waals surface area contributed by atoms with Crippen LogP contribution in [-0.2, 0) is 4.74 Å². The lowest BCUT2D eigenvalue weighted by molar-refractivity contribution is -0.394. The van der Waals surface area contributed by atoms with Gasteiger partial charge in [0.25, 0.3) is 23.2 Å². The fourth-order valence-electron chi connectivity index (χ4n) is 3.29. The molecule has 2 aromatic carbocycles. The first-order valence-corrected chi connectivity index (χ1v) is 11.3. The maximum absolute atomic E-state index is 13.0. The number of ether oxygens (including phenoxy) is 1. The third-order valence-corrected chi connectivity index (χ3v) is 6.13. The number of hydrogen-bond acceptors (Lipinski definition) is 9. The van der Waals surface area contributed by atoms with Crippen LogP contribution in [0.1, 0.15) is 48.4 Å². The summed E-state index contributed by atoms with van der Waals surface area (Å²) in [4.78, 5) is 59.3. The van der Waals surface area contributed by atoms with Crippen molar-refractivity contribution >= 4 is 51.2 Å². The molecule has 0 spiro atoms. The lowest BCUT2D eigenvalue weighted by Crippen LogP contribution is -2.15. The predicted molar refractivity (Wildman–Crippen MR) is 132 cm³/mol. The molecule has 186 valence electrons. The Labute approximate surface area is 208 Å². The van der Waals surface area contributed by atoms with E-state index in [1.54, 1.807) is 25.1 Å². The summed E-state index contributed by atoms with van der Waals surface area (Å²) in [7, 11) is 0. The van der Waals surface area contributed by atoms with Crippen LogP contribution in [0.25, 0.3) is 0 Å². The van der Waals surface area contributed by atoms with Crippen molar-refractivity contribution in [2.75, 3.05) is 17.2 Å². The summed E-state index contributed by atoms with van der Waals surface area (Å²) in [6.07, 6.45) is 0. The number of anilines is 2. The van der Waals surface area contributed by atoms with Gasteiger partial charge >= 0.3 is 5.97 Å². The first-order valence-electron chi connectivity index (χ1n) is 10.5. The van der Waals surface area contributed by atoms with E-state index in [9.17, 15) is 34.6 Å². The van der Waals surface area contributed by atoms with Gasteiger partial charge in [0.1, 0.15) is 5.00 Å². The number of esters is 1. The van der Waals surface area contributed by atoms with E-state index in [0.717, 1.165) is 35.1 Å². The normalized spacial score (nSPS) is 10.4. The topological polar surface area (TPSA) is 171 Å². The van der Waals surface area contributed by atoms with E-state index >= 15 is 0 Å². The summed E-state index contributed by atoms with van der Waals surface area (Å²) in [6.45, 7) is 4.99.